The van der Waals surface area contributed by atoms with E-state index in [1.807, 2.05) is 0 Å². The van der Waals surface area contributed by atoms with Crippen LogP contribution < -0.4 is 10.4 Å². The van der Waals surface area contributed by atoms with Crippen LogP contribution in [0.1, 0.15) is 30.1 Å². The number of aliphatic hydroxyl groups excluding tert-OH is 1. The van der Waals surface area contributed by atoms with Crippen LogP contribution in [0.25, 0.3) is 11.0 Å². The van der Waals surface area contributed by atoms with E-state index in [-0.39, 0.29) is 42.1 Å². The molecule has 7 heteroatoms. The first-order valence-corrected chi connectivity index (χ1v) is 7.29. The lowest BCUT2D eigenvalue weighted by atomic mass is 10.1. The summed E-state index contributed by atoms with van der Waals surface area (Å²) in [7, 11) is 0. The molecule has 7 nitrogen and oxygen atoms in total. The number of hydrogen-bond acceptors (Lipinski definition) is 7. The van der Waals surface area contributed by atoms with E-state index >= 15 is 0 Å². The second-order valence-electron chi connectivity index (χ2n) is 4.75. The normalized spacial score (nSPS) is 10.7. The fourth-order valence-electron chi connectivity index (χ4n) is 2.12. The van der Waals surface area contributed by atoms with E-state index < -0.39 is 17.3 Å². The lowest BCUT2D eigenvalue weighted by Crippen LogP contribution is -2.10. The number of hydrogen-bond donors (Lipinski definition) is 2. The Kier molecular flexibility index (Phi) is 5.59. The van der Waals surface area contributed by atoms with Gasteiger partial charge >= 0.3 is 11.6 Å². The van der Waals surface area contributed by atoms with Crippen molar-refractivity contribution in [3.63, 3.8) is 0 Å². The Bertz CT molecular complexity index is 748. The molecule has 1 aromatic carbocycles. The summed E-state index contributed by atoms with van der Waals surface area (Å²) in [6, 6.07) is 4.45. The average molecular weight is 322 g/mol. The maximum Gasteiger partial charge on any atom is 0.383 e. The molecule has 1 heterocycles. The molecule has 124 valence electrons. The molecule has 2 aromatic rings. The Balaban J connectivity index is 2.42. The highest BCUT2D eigenvalue weighted by atomic mass is 16.5. The molecule has 2 N–H and O–H groups in total. The Morgan fingerprint density at radius 1 is 1.30 bits per heavy atom. The van der Waals surface area contributed by atoms with Crippen LogP contribution in [0.15, 0.2) is 27.4 Å². The van der Waals surface area contributed by atoms with Gasteiger partial charge in [-0.1, -0.05) is 6.07 Å². The van der Waals surface area contributed by atoms with Gasteiger partial charge in [0.25, 0.3) is 0 Å². The quantitative estimate of drug-likeness (QED) is 0.455. The standard InChI is InChI=1S/C16H18O7/c1-2-21-14-13(18)12-10(15(19)22-9-4-3-8-17)6-5-7-11(12)23-16(14)20/h5-7,17-18H,2-4,8-9H2,1H3. The van der Waals surface area contributed by atoms with Crippen LogP contribution in [0.5, 0.6) is 11.5 Å². The molecule has 0 saturated heterocycles. The molecule has 0 atom stereocenters. The molecular weight excluding hydrogens is 304 g/mol. The number of aliphatic hydroxyl groups is 1. The number of carbonyl (C=O) groups excluding carboxylic acids is 1. The molecule has 2 rings (SSSR count). The van der Waals surface area contributed by atoms with E-state index in [4.69, 9.17) is 19.0 Å². The molecule has 0 saturated carbocycles. The zero-order valence-electron chi connectivity index (χ0n) is 12.7. The zero-order valence-corrected chi connectivity index (χ0v) is 12.7. The molecule has 0 unspecified atom stereocenters. The van der Waals surface area contributed by atoms with Crippen molar-refractivity contribution in [3.05, 3.63) is 34.2 Å². The van der Waals surface area contributed by atoms with E-state index in [2.05, 4.69) is 0 Å². The van der Waals surface area contributed by atoms with Gasteiger partial charge in [-0.2, -0.15) is 0 Å². The van der Waals surface area contributed by atoms with Crippen LogP contribution in [0, 0.1) is 0 Å². The molecule has 0 spiro atoms. The predicted octanol–water partition coefficient (Wildman–Crippen LogP) is 1.83. The van der Waals surface area contributed by atoms with Gasteiger partial charge in [0.2, 0.25) is 5.75 Å². The fourth-order valence-corrected chi connectivity index (χ4v) is 2.12. The van der Waals surface area contributed by atoms with Gasteiger partial charge in [0.1, 0.15) is 5.58 Å². The smallest absolute Gasteiger partial charge is 0.383 e. The van der Waals surface area contributed by atoms with Crippen LogP contribution >= 0.6 is 0 Å². The molecule has 0 aliphatic carbocycles. The summed E-state index contributed by atoms with van der Waals surface area (Å²) in [5, 5.41) is 19.1. The van der Waals surface area contributed by atoms with Crippen molar-refractivity contribution in [2.45, 2.75) is 19.8 Å². The maximum absolute atomic E-state index is 12.2. The Morgan fingerprint density at radius 3 is 2.78 bits per heavy atom. The van der Waals surface area contributed by atoms with Crippen LogP contribution in [0.2, 0.25) is 0 Å². The third-order valence-corrected chi connectivity index (χ3v) is 3.16. The van der Waals surface area contributed by atoms with Crippen LogP contribution in [-0.2, 0) is 4.74 Å². The topological polar surface area (TPSA) is 106 Å². The summed E-state index contributed by atoms with van der Waals surface area (Å²) in [6.45, 7) is 1.99. The van der Waals surface area contributed by atoms with Crippen molar-refractivity contribution in [1.82, 2.24) is 0 Å². The molecule has 0 aliphatic heterocycles. The van der Waals surface area contributed by atoms with Crippen LogP contribution in [0.4, 0.5) is 0 Å². The van der Waals surface area contributed by atoms with Gasteiger partial charge in [-0.3, -0.25) is 0 Å². The van der Waals surface area contributed by atoms with Crippen molar-refractivity contribution in [1.29, 1.82) is 0 Å². The first kappa shape index (κ1) is 16.8. The monoisotopic (exact) mass is 322 g/mol. The van der Waals surface area contributed by atoms with Crippen molar-refractivity contribution in [2.75, 3.05) is 19.8 Å². The van der Waals surface area contributed by atoms with Crippen LogP contribution in [-0.4, -0.2) is 36.0 Å². The lowest BCUT2D eigenvalue weighted by molar-refractivity contribution is 0.0494. The van der Waals surface area contributed by atoms with Gasteiger partial charge in [0.05, 0.1) is 24.2 Å². The van der Waals surface area contributed by atoms with E-state index in [9.17, 15) is 14.7 Å². The molecule has 1 aromatic heterocycles. The molecular formula is C16H18O7. The maximum atomic E-state index is 12.2. The molecule has 0 amide bonds. The number of rotatable bonds is 7. The molecule has 23 heavy (non-hydrogen) atoms. The third kappa shape index (κ3) is 3.62. The minimum atomic E-state index is -0.815. The first-order chi connectivity index (χ1) is 11.1. The summed E-state index contributed by atoms with van der Waals surface area (Å²) < 4.78 is 15.3. The van der Waals surface area contributed by atoms with Gasteiger partial charge in [-0.15, -0.1) is 0 Å². The summed E-state index contributed by atoms with van der Waals surface area (Å²) >= 11 is 0. The number of benzene rings is 1. The van der Waals surface area contributed by atoms with Crippen molar-refractivity contribution >= 4 is 16.9 Å². The van der Waals surface area contributed by atoms with Crippen molar-refractivity contribution in [3.8, 4) is 11.5 Å². The van der Waals surface area contributed by atoms with E-state index in [0.717, 1.165) is 0 Å². The van der Waals surface area contributed by atoms with Crippen LogP contribution in [0.3, 0.4) is 0 Å². The number of aromatic hydroxyl groups is 1. The van der Waals surface area contributed by atoms with Gasteiger partial charge in [-0.25, -0.2) is 9.59 Å². The summed E-state index contributed by atoms with van der Waals surface area (Å²) in [6.07, 6.45) is 1.05. The largest absolute Gasteiger partial charge is 0.504 e. The van der Waals surface area contributed by atoms with E-state index in [1.54, 1.807) is 6.92 Å². The van der Waals surface area contributed by atoms with Crippen molar-refractivity contribution < 1.29 is 28.9 Å². The summed E-state index contributed by atoms with van der Waals surface area (Å²) in [5.74, 6) is -1.43. The molecule has 0 radical (unpaired) electrons. The molecule has 0 aliphatic rings. The number of fused-ring (bicyclic) bond motifs is 1. The zero-order chi connectivity index (χ0) is 16.8. The molecule has 0 bridgehead atoms. The Hall–Kier alpha value is -2.54. The van der Waals surface area contributed by atoms with E-state index in [0.29, 0.717) is 12.8 Å². The predicted molar refractivity (Wildman–Crippen MR) is 81.9 cm³/mol. The van der Waals surface area contributed by atoms with E-state index in [1.165, 1.54) is 18.2 Å². The fraction of sp³-hybridized carbons (Fsp3) is 0.375. The summed E-state index contributed by atoms with van der Waals surface area (Å²) in [5.41, 5.74) is -0.667. The second-order valence-corrected chi connectivity index (χ2v) is 4.75. The third-order valence-electron chi connectivity index (χ3n) is 3.16. The van der Waals surface area contributed by atoms with Gasteiger partial charge in [0, 0.05) is 6.61 Å². The lowest BCUT2D eigenvalue weighted by Gasteiger charge is -2.10. The van der Waals surface area contributed by atoms with Gasteiger partial charge < -0.3 is 24.1 Å². The Morgan fingerprint density at radius 2 is 2.09 bits per heavy atom. The number of esters is 1. The van der Waals surface area contributed by atoms with Gasteiger partial charge in [-0.05, 0) is 31.9 Å². The van der Waals surface area contributed by atoms with Crippen molar-refractivity contribution in [2.24, 2.45) is 0 Å². The first-order valence-electron chi connectivity index (χ1n) is 7.29. The number of unbranched alkanes of at least 4 members (excludes halogenated alkanes) is 1. The number of carbonyl (C=O) groups is 1. The minimum absolute atomic E-state index is 0.0233. The summed E-state index contributed by atoms with van der Waals surface area (Å²) in [4.78, 5) is 23.9. The highest BCUT2D eigenvalue weighted by Gasteiger charge is 2.21. The Labute approximate surface area is 132 Å². The minimum Gasteiger partial charge on any atom is -0.504 e. The highest BCUT2D eigenvalue weighted by molar-refractivity contribution is 6.06. The molecule has 0 fully saturated rings. The van der Waals surface area contributed by atoms with Gasteiger partial charge in [0.15, 0.2) is 5.75 Å². The second kappa shape index (κ2) is 7.64. The highest BCUT2D eigenvalue weighted by Crippen LogP contribution is 2.34. The average Bonchev–Trinajstić information content (AvgIpc) is 2.54. The number of ether oxygens (including phenoxy) is 2. The SMILES string of the molecule is CCOc1c(O)c2c(C(=O)OCCCCO)cccc2oc1=O.